The summed E-state index contributed by atoms with van der Waals surface area (Å²) in [5.41, 5.74) is 1.34. The van der Waals surface area contributed by atoms with Gasteiger partial charge in [-0.25, -0.2) is 0 Å². The van der Waals surface area contributed by atoms with Gasteiger partial charge < -0.3 is 5.32 Å². The summed E-state index contributed by atoms with van der Waals surface area (Å²) in [5, 5.41) is 3.61. The lowest BCUT2D eigenvalue weighted by atomic mass is 10.2. The Hall–Kier alpha value is 0.140. The minimum Gasteiger partial charge on any atom is -0.310 e. The second kappa shape index (κ2) is 5.46. The molecule has 2 rings (SSSR count). The Balaban J connectivity index is 1.90. The van der Waals surface area contributed by atoms with Crippen molar-refractivity contribution in [1.82, 2.24) is 5.32 Å². The second-order valence-electron chi connectivity index (χ2n) is 4.11. The molecule has 0 spiro atoms. The highest BCUT2D eigenvalue weighted by atomic mass is 79.9. The van der Waals surface area contributed by atoms with Gasteiger partial charge in [0.1, 0.15) is 0 Å². The van der Waals surface area contributed by atoms with E-state index < -0.39 is 0 Å². The van der Waals surface area contributed by atoms with E-state index >= 15 is 0 Å². The summed E-state index contributed by atoms with van der Waals surface area (Å²) in [7, 11) is 0. The van der Waals surface area contributed by atoms with Crippen LogP contribution in [0.3, 0.4) is 0 Å². The van der Waals surface area contributed by atoms with E-state index in [1.54, 1.807) is 0 Å². The van der Waals surface area contributed by atoms with Gasteiger partial charge in [-0.05, 0) is 62.4 Å². The topological polar surface area (TPSA) is 12.0 Å². The lowest BCUT2D eigenvalue weighted by Gasteiger charge is -2.12. The summed E-state index contributed by atoms with van der Waals surface area (Å²) in [6.07, 6.45) is 5.47. The summed E-state index contributed by atoms with van der Waals surface area (Å²) >= 11 is 7.00. The Morgan fingerprint density at radius 3 is 2.53 bits per heavy atom. The van der Waals surface area contributed by atoms with E-state index in [0.29, 0.717) is 0 Å². The van der Waals surface area contributed by atoms with Crippen LogP contribution in [0.15, 0.2) is 27.1 Å². The van der Waals surface area contributed by atoms with Gasteiger partial charge in [-0.3, -0.25) is 0 Å². The van der Waals surface area contributed by atoms with Crippen LogP contribution in [0, 0.1) is 0 Å². The van der Waals surface area contributed by atoms with Gasteiger partial charge in [-0.15, -0.1) is 0 Å². The van der Waals surface area contributed by atoms with Crippen LogP contribution < -0.4 is 5.32 Å². The van der Waals surface area contributed by atoms with Crippen LogP contribution in [0.5, 0.6) is 0 Å². The van der Waals surface area contributed by atoms with Gasteiger partial charge in [0.2, 0.25) is 0 Å². The molecule has 82 valence electrons. The number of benzene rings is 1. The van der Waals surface area contributed by atoms with Crippen LogP contribution in [0.2, 0.25) is 0 Å². The Labute approximate surface area is 108 Å². The van der Waals surface area contributed by atoms with Gasteiger partial charge in [0.25, 0.3) is 0 Å². The van der Waals surface area contributed by atoms with Crippen molar-refractivity contribution < 1.29 is 0 Å². The molecule has 15 heavy (non-hydrogen) atoms. The molecule has 1 aromatic rings. The molecule has 0 heterocycles. The van der Waals surface area contributed by atoms with Gasteiger partial charge in [0, 0.05) is 21.5 Å². The molecule has 0 amide bonds. The first-order valence-corrected chi connectivity index (χ1v) is 7.01. The molecule has 1 fully saturated rings. The Morgan fingerprint density at radius 2 is 1.87 bits per heavy atom. The first-order chi connectivity index (χ1) is 7.25. The molecule has 0 unspecified atom stereocenters. The third-order valence-corrected chi connectivity index (χ3v) is 4.81. The van der Waals surface area contributed by atoms with Crippen molar-refractivity contribution in [2.75, 3.05) is 0 Å². The monoisotopic (exact) mass is 331 g/mol. The number of nitrogens with one attached hydrogen (secondary N) is 1. The largest absolute Gasteiger partial charge is 0.310 e. The summed E-state index contributed by atoms with van der Waals surface area (Å²) in [6, 6.07) is 7.17. The molecule has 1 aliphatic carbocycles. The van der Waals surface area contributed by atoms with Crippen molar-refractivity contribution in [3.8, 4) is 0 Å². The fourth-order valence-electron chi connectivity index (χ4n) is 2.04. The van der Waals surface area contributed by atoms with Crippen molar-refractivity contribution in [3.05, 3.63) is 32.7 Å². The molecule has 1 nitrogen and oxygen atoms in total. The highest BCUT2D eigenvalue weighted by molar-refractivity contribution is 9.13. The first kappa shape index (κ1) is 11.6. The zero-order valence-electron chi connectivity index (χ0n) is 8.60. The fourth-order valence-corrected chi connectivity index (χ4v) is 2.71. The quantitative estimate of drug-likeness (QED) is 0.872. The summed E-state index contributed by atoms with van der Waals surface area (Å²) in [6.45, 7) is 0.983. The van der Waals surface area contributed by atoms with Crippen molar-refractivity contribution >= 4 is 31.9 Å². The van der Waals surface area contributed by atoms with Gasteiger partial charge in [0.15, 0.2) is 0 Å². The number of hydrogen-bond donors (Lipinski definition) is 1. The SMILES string of the molecule is Brc1ccc(CNC2CCCC2)cc1Br. The third kappa shape index (κ3) is 3.30. The molecule has 1 saturated carbocycles. The van der Waals surface area contributed by atoms with Crippen LogP contribution in [0.1, 0.15) is 31.2 Å². The highest BCUT2D eigenvalue weighted by Crippen LogP contribution is 2.24. The van der Waals surface area contributed by atoms with E-state index in [0.717, 1.165) is 21.5 Å². The molecule has 1 N–H and O–H groups in total. The summed E-state index contributed by atoms with van der Waals surface area (Å²) in [5.74, 6) is 0. The summed E-state index contributed by atoms with van der Waals surface area (Å²) < 4.78 is 2.25. The van der Waals surface area contributed by atoms with E-state index in [1.807, 2.05) is 0 Å². The van der Waals surface area contributed by atoms with Crippen molar-refractivity contribution in [3.63, 3.8) is 0 Å². The number of hydrogen-bond acceptors (Lipinski definition) is 1. The van der Waals surface area contributed by atoms with Crippen LogP contribution in [-0.2, 0) is 6.54 Å². The van der Waals surface area contributed by atoms with Gasteiger partial charge in [-0.1, -0.05) is 18.9 Å². The molecular weight excluding hydrogens is 318 g/mol. The maximum absolute atomic E-state index is 3.61. The van der Waals surface area contributed by atoms with Crippen LogP contribution in [-0.4, -0.2) is 6.04 Å². The molecule has 0 aliphatic heterocycles. The maximum Gasteiger partial charge on any atom is 0.0320 e. The first-order valence-electron chi connectivity index (χ1n) is 5.43. The maximum atomic E-state index is 3.61. The molecule has 0 bridgehead atoms. The van der Waals surface area contributed by atoms with Gasteiger partial charge in [0.05, 0.1) is 0 Å². The molecule has 3 heteroatoms. The minimum absolute atomic E-state index is 0.743. The lowest BCUT2D eigenvalue weighted by molar-refractivity contribution is 0.524. The fraction of sp³-hybridized carbons (Fsp3) is 0.500. The zero-order valence-corrected chi connectivity index (χ0v) is 11.8. The summed E-state index contributed by atoms with van der Waals surface area (Å²) in [4.78, 5) is 0. The van der Waals surface area contributed by atoms with E-state index in [-0.39, 0.29) is 0 Å². The molecular formula is C12H15Br2N. The molecule has 0 saturated heterocycles. The van der Waals surface area contributed by atoms with Gasteiger partial charge >= 0.3 is 0 Å². The van der Waals surface area contributed by atoms with Crippen molar-refractivity contribution in [2.45, 2.75) is 38.3 Å². The van der Waals surface area contributed by atoms with E-state index in [9.17, 15) is 0 Å². The second-order valence-corrected chi connectivity index (χ2v) is 5.82. The number of rotatable bonds is 3. The number of halogens is 2. The van der Waals surface area contributed by atoms with E-state index in [1.165, 1.54) is 31.2 Å². The Morgan fingerprint density at radius 1 is 1.13 bits per heavy atom. The lowest BCUT2D eigenvalue weighted by Crippen LogP contribution is -2.25. The predicted molar refractivity (Wildman–Crippen MR) is 70.9 cm³/mol. The minimum atomic E-state index is 0.743. The highest BCUT2D eigenvalue weighted by Gasteiger charge is 2.13. The van der Waals surface area contributed by atoms with Crippen LogP contribution >= 0.6 is 31.9 Å². The molecule has 0 aromatic heterocycles. The molecule has 1 aromatic carbocycles. The average molecular weight is 333 g/mol. The molecule has 1 aliphatic rings. The molecule has 0 radical (unpaired) electrons. The average Bonchev–Trinajstić information content (AvgIpc) is 2.73. The third-order valence-electron chi connectivity index (χ3n) is 2.93. The van der Waals surface area contributed by atoms with Gasteiger partial charge in [-0.2, -0.15) is 0 Å². The zero-order chi connectivity index (χ0) is 10.7. The predicted octanol–water partition coefficient (Wildman–Crippen LogP) is 4.24. The Bertz CT molecular complexity index is 332. The van der Waals surface area contributed by atoms with E-state index in [4.69, 9.17) is 0 Å². The normalized spacial score (nSPS) is 17.2. The molecule has 0 atom stereocenters. The van der Waals surface area contributed by atoms with Crippen molar-refractivity contribution in [1.29, 1.82) is 0 Å². The smallest absolute Gasteiger partial charge is 0.0320 e. The van der Waals surface area contributed by atoms with E-state index in [2.05, 4.69) is 55.4 Å². The Kier molecular flexibility index (Phi) is 4.23. The van der Waals surface area contributed by atoms with Crippen LogP contribution in [0.4, 0.5) is 0 Å². The van der Waals surface area contributed by atoms with Crippen LogP contribution in [0.25, 0.3) is 0 Å². The van der Waals surface area contributed by atoms with Crippen molar-refractivity contribution in [2.24, 2.45) is 0 Å². The standard InChI is InChI=1S/C12H15Br2N/c13-11-6-5-9(7-12(11)14)8-15-10-3-1-2-4-10/h5-7,10,15H,1-4,8H2.